The Hall–Kier alpha value is 0.430. The van der Waals surface area contributed by atoms with Crippen LogP contribution in [0.25, 0.3) is 0 Å². The molecule has 1 rings (SSSR count). The first-order chi connectivity index (χ1) is 4.88. The molecule has 0 aromatic carbocycles. The summed E-state index contributed by atoms with van der Waals surface area (Å²) in [5.74, 6) is 0. The first-order valence-corrected chi connectivity index (χ1v) is 5.32. The van der Waals surface area contributed by atoms with Gasteiger partial charge in [0.05, 0.1) is 0 Å². The zero-order valence-corrected chi connectivity index (χ0v) is 8.38. The molecule has 0 atom stereocenters. The number of alkyl halides is 1. The Bertz CT molecular complexity index is 110. The van der Waals surface area contributed by atoms with E-state index in [0.717, 1.165) is 12.6 Å². The topological polar surface area (TPSA) is 3.24 Å². The van der Waals surface area contributed by atoms with Crippen LogP contribution in [0.15, 0.2) is 12.7 Å². The standard InChI is InChI=1S/C8H14IN/c1-2-6-10(7-5-9)8-3-4-8/h2,8H,1,3-7H2. The largest absolute Gasteiger partial charge is 0.296 e. The summed E-state index contributed by atoms with van der Waals surface area (Å²) in [6.07, 6.45) is 4.82. The summed E-state index contributed by atoms with van der Waals surface area (Å²) >= 11 is 2.43. The minimum Gasteiger partial charge on any atom is -0.296 e. The van der Waals surface area contributed by atoms with Crippen LogP contribution in [-0.2, 0) is 0 Å². The van der Waals surface area contributed by atoms with E-state index in [1.165, 1.54) is 23.8 Å². The van der Waals surface area contributed by atoms with Gasteiger partial charge in [-0.1, -0.05) is 28.7 Å². The molecule has 0 aliphatic heterocycles. The average molecular weight is 251 g/mol. The first-order valence-electron chi connectivity index (χ1n) is 3.79. The summed E-state index contributed by atoms with van der Waals surface area (Å²) in [5, 5.41) is 0. The van der Waals surface area contributed by atoms with Crippen molar-refractivity contribution in [2.24, 2.45) is 0 Å². The normalized spacial score (nSPS) is 17.8. The van der Waals surface area contributed by atoms with E-state index in [1.54, 1.807) is 0 Å². The van der Waals surface area contributed by atoms with Gasteiger partial charge < -0.3 is 0 Å². The predicted molar refractivity (Wildman–Crippen MR) is 53.7 cm³/mol. The monoisotopic (exact) mass is 251 g/mol. The van der Waals surface area contributed by atoms with Crippen molar-refractivity contribution < 1.29 is 0 Å². The zero-order chi connectivity index (χ0) is 7.40. The van der Waals surface area contributed by atoms with Crippen molar-refractivity contribution in [1.82, 2.24) is 4.90 Å². The van der Waals surface area contributed by atoms with Gasteiger partial charge in [-0.2, -0.15) is 0 Å². The van der Waals surface area contributed by atoms with Crippen LogP contribution in [-0.4, -0.2) is 28.5 Å². The Morgan fingerprint density at radius 3 is 2.70 bits per heavy atom. The Morgan fingerprint density at radius 2 is 2.30 bits per heavy atom. The molecule has 2 heteroatoms. The SMILES string of the molecule is C=CCN(CCI)C1CC1. The van der Waals surface area contributed by atoms with Gasteiger partial charge in [0.25, 0.3) is 0 Å². The summed E-state index contributed by atoms with van der Waals surface area (Å²) in [4.78, 5) is 2.51. The van der Waals surface area contributed by atoms with Gasteiger partial charge in [0.2, 0.25) is 0 Å². The van der Waals surface area contributed by atoms with Crippen LogP contribution in [0.4, 0.5) is 0 Å². The van der Waals surface area contributed by atoms with Crippen LogP contribution in [0.2, 0.25) is 0 Å². The molecule has 0 saturated heterocycles. The van der Waals surface area contributed by atoms with Crippen LogP contribution in [0.3, 0.4) is 0 Å². The van der Waals surface area contributed by atoms with Gasteiger partial charge in [0, 0.05) is 23.6 Å². The Kier molecular flexibility index (Phi) is 3.70. The van der Waals surface area contributed by atoms with Gasteiger partial charge in [0.15, 0.2) is 0 Å². The predicted octanol–water partition coefficient (Wildman–Crippen LogP) is 2.07. The fourth-order valence-corrected chi connectivity index (χ4v) is 1.76. The molecule has 1 aliphatic carbocycles. The third kappa shape index (κ3) is 2.58. The van der Waals surface area contributed by atoms with Crippen LogP contribution < -0.4 is 0 Å². The summed E-state index contributed by atoms with van der Waals surface area (Å²) in [7, 11) is 0. The fourth-order valence-electron chi connectivity index (χ4n) is 1.14. The van der Waals surface area contributed by atoms with Crippen molar-refractivity contribution in [2.75, 3.05) is 17.5 Å². The number of halogens is 1. The van der Waals surface area contributed by atoms with E-state index >= 15 is 0 Å². The summed E-state index contributed by atoms with van der Waals surface area (Å²) < 4.78 is 1.24. The number of nitrogens with zero attached hydrogens (tertiary/aromatic N) is 1. The summed E-state index contributed by atoms with van der Waals surface area (Å²) in [6, 6.07) is 0.896. The lowest BCUT2D eigenvalue weighted by molar-refractivity contribution is 0.313. The minimum atomic E-state index is 0.896. The molecule has 1 nitrogen and oxygen atoms in total. The van der Waals surface area contributed by atoms with E-state index < -0.39 is 0 Å². The third-order valence-electron chi connectivity index (χ3n) is 1.80. The maximum Gasteiger partial charge on any atom is 0.0163 e. The van der Waals surface area contributed by atoms with E-state index in [4.69, 9.17) is 0 Å². The quantitative estimate of drug-likeness (QED) is 0.411. The van der Waals surface area contributed by atoms with Crippen molar-refractivity contribution in [3.05, 3.63) is 12.7 Å². The lowest BCUT2D eigenvalue weighted by Gasteiger charge is -2.17. The van der Waals surface area contributed by atoms with Crippen molar-refractivity contribution in [2.45, 2.75) is 18.9 Å². The van der Waals surface area contributed by atoms with Gasteiger partial charge in [-0.25, -0.2) is 0 Å². The Balaban J connectivity index is 2.19. The van der Waals surface area contributed by atoms with E-state index in [0.29, 0.717) is 0 Å². The summed E-state index contributed by atoms with van der Waals surface area (Å²) in [5.41, 5.74) is 0. The molecule has 10 heavy (non-hydrogen) atoms. The maximum atomic E-state index is 3.75. The minimum absolute atomic E-state index is 0.896. The van der Waals surface area contributed by atoms with Crippen LogP contribution >= 0.6 is 22.6 Å². The molecule has 0 N–H and O–H groups in total. The molecule has 58 valence electrons. The van der Waals surface area contributed by atoms with E-state index in [-0.39, 0.29) is 0 Å². The molecule has 0 amide bonds. The molecule has 0 aromatic rings. The van der Waals surface area contributed by atoms with Crippen molar-refractivity contribution in [1.29, 1.82) is 0 Å². The van der Waals surface area contributed by atoms with Crippen molar-refractivity contribution >= 4 is 22.6 Å². The highest BCUT2D eigenvalue weighted by Gasteiger charge is 2.27. The molecule has 1 fully saturated rings. The molecule has 1 saturated carbocycles. The fraction of sp³-hybridized carbons (Fsp3) is 0.750. The molecule has 0 unspecified atom stereocenters. The molecule has 0 heterocycles. The molecule has 0 bridgehead atoms. The maximum absolute atomic E-state index is 3.75. The molecule has 0 spiro atoms. The van der Waals surface area contributed by atoms with Crippen molar-refractivity contribution in [3.63, 3.8) is 0 Å². The van der Waals surface area contributed by atoms with Gasteiger partial charge in [0.1, 0.15) is 0 Å². The van der Waals surface area contributed by atoms with E-state index in [2.05, 4.69) is 34.1 Å². The second kappa shape index (κ2) is 4.34. The molecule has 1 aliphatic rings. The Labute approximate surface area is 76.6 Å². The molecule has 0 aromatic heterocycles. The number of rotatable bonds is 5. The molecular formula is C8H14IN. The highest BCUT2D eigenvalue weighted by molar-refractivity contribution is 14.1. The lowest BCUT2D eigenvalue weighted by atomic mass is 10.4. The summed E-state index contributed by atoms with van der Waals surface area (Å²) in [6.45, 7) is 6.06. The van der Waals surface area contributed by atoms with Crippen LogP contribution in [0.1, 0.15) is 12.8 Å². The average Bonchev–Trinajstić information content (AvgIpc) is 2.69. The van der Waals surface area contributed by atoms with E-state index in [1.807, 2.05) is 6.08 Å². The highest BCUT2D eigenvalue weighted by atomic mass is 127. The van der Waals surface area contributed by atoms with Gasteiger partial charge in [-0.05, 0) is 12.8 Å². The molecule has 0 radical (unpaired) electrons. The Morgan fingerprint density at radius 1 is 1.60 bits per heavy atom. The van der Waals surface area contributed by atoms with Gasteiger partial charge in [-0.3, -0.25) is 4.90 Å². The van der Waals surface area contributed by atoms with E-state index in [9.17, 15) is 0 Å². The highest BCUT2D eigenvalue weighted by Crippen LogP contribution is 2.26. The third-order valence-corrected chi connectivity index (χ3v) is 2.28. The van der Waals surface area contributed by atoms with Crippen molar-refractivity contribution in [3.8, 4) is 0 Å². The first kappa shape index (κ1) is 8.53. The second-order valence-corrected chi connectivity index (χ2v) is 3.78. The lowest BCUT2D eigenvalue weighted by Crippen LogP contribution is -2.27. The second-order valence-electron chi connectivity index (χ2n) is 2.70. The number of hydrogen-bond donors (Lipinski definition) is 0. The van der Waals surface area contributed by atoms with Crippen LogP contribution in [0, 0.1) is 0 Å². The zero-order valence-electron chi connectivity index (χ0n) is 6.22. The van der Waals surface area contributed by atoms with Gasteiger partial charge >= 0.3 is 0 Å². The van der Waals surface area contributed by atoms with Crippen LogP contribution in [0.5, 0.6) is 0 Å². The number of hydrogen-bond acceptors (Lipinski definition) is 1. The van der Waals surface area contributed by atoms with Gasteiger partial charge in [-0.15, -0.1) is 6.58 Å². The molecular weight excluding hydrogens is 237 g/mol. The smallest absolute Gasteiger partial charge is 0.0163 e.